The third kappa shape index (κ3) is 3.83. The SMILES string of the molecule is CC(C)(C(=O)Nc1ccc(N)cc1)c1cccc(C(F)(F)F)c1. The third-order valence-electron chi connectivity index (χ3n) is 3.65. The number of hydrogen-bond acceptors (Lipinski definition) is 2. The number of carbonyl (C=O) groups is 1. The van der Waals surface area contributed by atoms with E-state index in [1.807, 2.05) is 0 Å². The molecule has 3 nitrogen and oxygen atoms in total. The van der Waals surface area contributed by atoms with Gasteiger partial charge in [-0.15, -0.1) is 0 Å². The summed E-state index contributed by atoms with van der Waals surface area (Å²) in [6.07, 6.45) is -4.44. The summed E-state index contributed by atoms with van der Waals surface area (Å²) in [7, 11) is 0. The molecule has 6 heteroatoms. The Labute approximate surface area is 132 Å². The second-order valence-electron chi connectivity index (χ2n) is 5.78. The van der Waals surface area contributed by atoms with E-state index >= 15 is 0 Å². The van der Waals surface area contributed by atoms with E-state index in [0.29, 0.717) is 16.9 Å². The molecule has 2 rings (SSSR count). The van der Waals surface area contributed by atoms with Crippen LogP contribution < -0.4 is 11.1 Å². The zero-order chi connectivity index (χ0) is 17.3. The van der Waals surface area contributed by atoms with Crippen molar-refractivity contribution >= 4 is 17.3 Å². The van der Waals surface area contributed by atoms with E-state index in [0.717, 1.165) is 12.1 Å². The monoisotopic (exact) mass is 322 g/mol. The van der Waals surface area contributed by atoms with Gasteiger partial charge in [-0.3, -0.25) is 4.79 Å². The highest BCUT2D eigenvalue weighted by molar-refractivity contribution is 5.98. The van der Waals surface area contributed by atoms with Crippen molar-refractivity contribution in [3.05, 3.63) is 59.7 Å². The molecule has 0 aliphatic rings. The highest BCUT2D eigenvalue weighted by Gasteiger charge is 2.34. The van der Waals surface area contributed by atoms with Crippen molar-refractivity contribution in [2.45, 2.75) is 25.4 Å². The van der Waals surface area contributed by atoms with Crippen molar-refractivity contribution in [2.75, 3.05) is 11.1 Å². The number of nitrogen functional groups attached to an aromatic ring is 1. The van der Waals surface area contributed by atoms with Crippen molar-refractivity contribution < 1.29 is 18.0 Å². The van der Waals surface area contributed by atoms with Gasteiger partial charge in [-0.05, 0) is 49.7 Å². The first-order valence-electron chi connectivity index (χ1n) is 6.95. The lowest BCUT2D eigenvalue weighted by molar-refractivity contribution is -0.137. The molecule has 2 aromatic rings. The number of nitrogens with two attached hydrogens (primary N) is 1. The first-order chi connectivity index (χ1) is 10.6. The lowest BCUT2D eigenvalue weighted by atomic mass is 9.83. The van der Waals surface area contributed by atoms with Gasteiger partial charge in [0.25, 0.3) is 0 Å². The van der Waals surface area contributed by atoms with E-state index < -0.39 is 23.1 Å². The van der Waals surface area contributed by atoms with Gasteiger partial charge in [0.2, 0.25) is 5.91 Å². The van der Waals surface area contributed by atoms with Gasteiger partial charge in [0.1, 0.15) is 0 Å². The molecular weight excluding hydrogens is 305 g/mol. The van der Waals surface area contributed by atoms with Gasteiger partial charge >= 0.3 is 6.18 Å². The van der Waals surface area contributed by atoms with E-state index in [1.165, 1.54) is 12.1 Å². The summed E-state index contributed by atoms with van der Waals surface area (Å²) >= 11 is 0. The van der Waals surface area contributed by atoms with Gasteiger partial charge in [-0.25, -0.2) is 0 Å². The smallest absolute Gasteiger partial charge is 0.399 e. The Hall–Kier alpha value is -2.50. The number of hydrogen-bond donors (Lipinski definition) is 2. The van der Waals surface area contributed by atoms with E-state index in [-0.39, 0.29) is 0 Å². The maximum atomic E-state index is 12.8. The lowest BCUT2D eigenvalue weighted by Gasteiger charge is -2.25. The maximum absolute atomic E-state index is 12.8. The Morgan fingerprint density at radius 1 is 1.00 bits per heavy atom. The fraction of sp³-hybridized carbons (Fsp3) is 0.235. The predicted molar refractivity (Wildman–Crippen MR) is 84.0 cm³/mol. The molecule has 0 aliphatic heterocycles. The van der Waals surface area contributed by atoms with Crippen LogP contribution in [0.2, 0.25) is 0 Å². The molecule has 1 amide bonds. The average Bonchev–Trinajstić information content (AvgIpc) is 2.49. The normalized spacial score (nSPS) is 12.0. The average molecular weight is 322 g/mol. The largest absolute Gasteiger partial charge is 0.416 e. The first-order valence-corrected chi connectivity index (χ1v) is 6.95. The first kappa shape index (κ1) is 16.9. The highest BCUT2D eigenvalue weighted by Crippen LogP contribution is 2.33. The Morgan fingerprint density at radius 3 is 2.13 bits per heavy atom. The molecule has 0 bridgehead atoms. The zero-order valence-electron chi connectivity index (χ0n) is 12.7. The summed E-state index contributed by atoms with van der Waals surface area (Å²) in [5.74, 6) is -0.401. The molecule has 0 saturated heterocycles. The molecule has 0 unspecified atom stereocenters. The summed E-state index contributed by atoms with van der Waals surface area (Å²) in [6.45, 7) is 3.16. The molecule has 0 heterocycles. The van der Waals surface area contributed by atoms with Gasteiger partial charge in [0.05, 0.1) is 11.0 Å². The van der Waals surface area contributed by atoms with Crippen LogP contribution in [-0.2, 0) is 16.4 Å². The van der Waals surface area contributed by atoms with E-state index in [9.17, 15) is 18.0 Å². The minimum Gasteiger partial charge on any atom is -0.399 e. The van der Waals surface area contributed by atoms with Gasteiger partial charge < -0.3 is 11.1 Å². The minimum absolute atomic E-state index is 0.292. The number of rotatable bonds is 3. The van der Waals surface area contributed by atoms with Crippen molar-refractivity contribution in [2.24, 2.45) is 0 Å². The summed E-state index contributed by atoms with van der Waals surface area (Å²) < 4.78 is 38.5. The van der Waals surface area contributed by atoms with Crippen LogP contribution in [0, 0.1) is 0 Å². The van der Waals surface area contributed by atoms with Gasteiger partial charge in [0, 0.05) is 11.4 Å². The maximum Gasteiger partial charge on any atom is 0.416 e. The van der Waals surface area contributed by atoms with E-state index in [2.05, 4.69) is 5.32 Å². The topological polar surface area (TPSA) is 55.1 Å². The summed E-state index contributed by atoms with van der Waals surface area (Å²) in [5.41, 5.74) is 5.05. The van der Waals surface area contributed by atoms with Crippen molar-refractivity contribution in [1.82, 2.24) is 0 Å². The van der Waals surface area contributed by atoms with Crippen LogP contribution in [0.1, 0.15) is 25.0 Å². The summed E-state index contributed by atoms with van der Waals surface area (Å²) in [5, 5.41) is 2.69. The Bertz CT molecular complexity index is 707. The Balaban J connectivity index is 2.26. The second kappa shape index (κ2) is 5.95. The predicted octanol–water partition coefficient (Wildman–Crippen LogP) is 4.20. The Kier molecular flexibility index (Phi) is 4.36. The molecule has 0 spiro atoms. The molecule has 2 aromatic carbocycles. The lowest BCUT2D eigenvalue weighted by Crippen LogP contribution is -2.35. The number of anilines is 2. The van der Waals surface area contributed by atoms with Crippen LogP contribution in [0.25, 0.3) is 0 Å². The summed E-state index contributed by atoms with van der Waals surface area (Å²) in [4.78, 5) is 12.5. The molecular formula is C17H17F3N2O. The van der Waals surface area contributed by atoms with Gasteiger partial charge in [0.15, 0.2) is 0 Å². The molecule has 122 valence electrons. The standard InChI is InChI=1S/C17H17F3N2O/c1-16(2,11-4-3-5-12(10-11)17(18,19)20)15(23)22-14-8-6-13(21)7-9-14/h3-10H,21H2,1-2H3,(H,22,23). The molecule has 0 aromatic heterocycles. The number of alkyl halides is 3. The fourth-order valence-electron chi connectivity index (χ4n) is 2.07. The number of nitrogens with one attached hydrogen (secondary N) is 1. The van der Waals surface area contributed by atoms with E-state index in [4.69, 9.17) is 5.73 Å². The highest BCUT2D eigenvalue weighted by atomic mass is 19.4. The van der Waals surface area contributed by atoms with Crippen LogP contribution in [-0.4, -0.2) is 5.91 Å². The van der Waals surface area contributed by atoms with Crippen LogP contribution >= 0.6 is 0 Å². The molecule has 0 atom stereocenters. The van der Waals surface area contributed by atoms with Gasteiger partial charge in [-0.2, -0.15) is 13.2 Å². The molecule has 0 fully saturated rings. The quantitative estimate of drug-likeness (QED) is 0.832. The molecule has 0 radical (unpaired) electrons. The van der Waals surface area contributed by atoms with Crippen LogP contribution in [0.5, 0.6) is 0 Å². The molecule has 0 aliphatic carbocycles. The molecule has 3 N–H and O–H groups in total. The zero-order valence-corrected chi connectivity index (χ0v) is 12.7. The van der Waals surface area contributed by atoms with Crippen molar-refractivity contribution in [1.29, 1.82) is 0 Å². The molecule has 23 heavy (non-hydrogen) atoms. The minimum atomic E-state index is -4.44. The second-order valence-corrected chi connectivity index (χ2v) is 5.78. The van der Waals surface area contributed by atoms with Crippen molar-refractivity contribution in [3.63, 3.8) is 0 Å². The number of benzene rings is 2. The van der Waals surface area contributed by atoms with Crippen LogP contribution in [0.15, 0.2) is 48.5 Å². The van der Waals surface area contributed by atoms with Crippen LogP contribution in [0.4, 0.5) is 24.5 Å². The molecule has 0 saturated carbocycles. The van der Waals surface area contributed by atoms with E-state index in [1.54, 1.807) is 38.1 Å². The number of halogens is 3. The van der Waals surface area contributed by atoms with Crippen LogP contribution in [0.3, 0.4) is 0 Å². The van der Waals surface area contributed by atoms with Crippen molar-refractivity contribution in [3.8, 4) is 0 Å². The Morgan fingerprint density at radius 2 is 1.57 bits per heavy atom. The fourth-order valence-corrected chi connectivity index (χ4v) is 2.07. The summed E-state index contributed by atoms with van der Waals surface area (Å²) in [6, 6.07) is 11.3. The number of carbonyl (C=O) groups excluding carboxylic acids is 1. The number of amides is 1. The van der Waals surface area contributed by atoms with Gasteiger partial charge in [-0.1, -0.05) is 18.2 Å². The third-order valence-corrected chi connectivity index (χ3v) is 3.65.